The van der Waals surface area contributed by atoms with Crippen LogP contribution in [0.3, 0.4) is 0 Å². The Morgan fingerprint density at radius 3 is 2.43 bits per heavy atom. The zero-order chi connectivity index (χ0) is 22.6. The van der Waals surface area contributed by atoms with Crippen LogP contribution in [0.15, 0.2) is 27.9 Å². The Balaban J connectivity index is 2.38. The molecule has 1 aromatic carbocycles. The summed E-state index contributed by atoms with van der Waals surface area (Å²) in [6.45, 7) is 14.0. The third kappa shape index (κ3) is 11.7. The Labute approximate surface area is 191 Å². The normalized spacial score (nSPS) is 11.9. The molecular formula is C23H35Cl2NO4. The van der Waals surface area contributed by atoms with Crippen LogP contribution >= 0.6 is 23.2 Å². The fraction of sp³-hybridized carbons (Fsp3) is 0.609. The lowest BCUT2D eigenvalue weighted by atomic mass is 10.1. The molecule has 0 bridgehead atoms. The van der Waals surface area contributed by atoms with E-state index in [-0.39, 0.29) is 10.1 Å². The van der Waals surface area contributed by atoms with Crippen molar-refractivity contribution in [3.8, 4) is 11.5 Å². The van der Waals surface area contributed by atoms with Crippen LogP contribution in [0.5, 0.6) is 11.5 Å². The number of hydrogen-bond acceptors (Lipinski definition) is 5. The molecule has 7 heteroatoms. The van der Waals surface area contributed by atoms with Crippen LogP contribution in [0.1, 0.15) is 58.6 Å². The van der Waals surface area contributed by atoms with Crippen LogP contribution in [-0.4, -0.2) is 37.7 Å². The van der Waals surface area contributed by atoms with E-state index in [1.165, 1.54) is 0 Å². The van der Waals surface area contributed by atoms with Crippen LogP contribution in [0, 0.1) is 6.92 Å². The van der Waals surface area contributed by atoms with E-state index in [9.17, 15) is 0 Å². The summed E-state index contributed by atoms with van der Waals surface area (Å²) < 4.78 is 17.6. The van der Waals surface area contributed by atoms with E-state index in [0.717, 1.165) is 47.6 Å². The first-order valence-electron chi connectivity index (χ1n) is 10.3. The molecule has 1 rings (SSSR count). The minimum atomic E-state index is -0.284. The summed E-state index contributed by atoms with van der Waals surface area (Å²) in [6.07, 6.45) is 4.30. The summed E-state index contributed by atoms with van der Waals surface area (Å²) in [5.74, 6) is 1.71. The van der Waals surface area contributed by atoms with Gasteiger partial charge < -0.3 is 19.0 Å². The molecule has 5 nitrogen and oxygen atoms in total. The van der Waals surface area contributed by atoms with Crippen LogP contribution in [0.25, 0.3) is 0 Å². The number of halogens is 2. The standard InChI is InChI=1S/C23H35Cl2NO4/c1-7-19-15-20(28-13-10-21(24)25)14-17(2)22(19)29-12-9-8-11-27-16-18(3)26-30-23(4,5)6/h10,14-15H,7-9,11-13,16H2,1-6H3. The molecule has 0 saturated heterocycles. The predicted octanol–water partition coefficient (Wildman–Crippen LogP) is 6.62. The summed E-state index contributed by atoms with van der Waals surface area (Å²) in [7, 11) is 0. The highest BCUT2D eigenvalue weighted by Crippen LogP contribution is 2.30. The van der Waals surface area contributed by atoms with Gasteiger partial charge in [-0.25, -0.2) is 0 Å². The minimum Gasteiger partial charge on any atom is -0.493 e. The molecule has 0 aliphatic heterocycles. The van der Waals surface area contributed by atoms with Crippen molar-refractivity contribution in [1.82, 2.24) is 0 Å². The molecule has 170 valence electrons. The Morgan fingerprint density at radius 2 is 1.80 bits per heavy atom. The molecule has 0 amide bonds. The van der Waals surface area contributed by atoms with Gasteiger partial charge in [0.2, 0.25) is 0 Å². The molecule has 0 heterocycles. The van der Waals surface area contributed by atoms with Crippen molar-refractivity contribution in [1.29, 1.82) is 0 Å². The molecule has 0 aliphatic carbocycles. The van der Waals surface area contributed by atoms with Crippen LogP contribution < -0.4 is 9.47 Å². The number of benzene rings is 1. The minimum absolute atomic E-state index is 0.201. The van der Waals surface area contributed by atoms with Crippen molar-refractivity contribution in [3.05, 3.63) is 33.8 Å². The molecule has 0 saturated carbocycles. The van der Waals surface area contributed by atoms with Crippen LogP contribution in [-0.2, 0) is 16.0 Å². The molecule has 0 unspecified atom stereocenters. The number of oxime groups is 1. The zero-order valence-corrected chi connectivity index (χ0v) is 20.5. The highest BCUT2D eigenvalue weighted by atomic mass is 35.5. The largest absolute Gasteiger partial charge is 0.493 e. The Bertz CT molecular complexity index is 708. The second kappa shape index (κ2) is 13.8. The molecule has 1 aromatic rings. The van der Waals surface area contributed by atoms with Crippen molar-refractivity contribution in [2.45, 2.75) is 66.4 Å². The molecule has 0 atom stereocenters. The average molecular weight is 460 g/mol. The summed E-state index contributed by atoms with van der Waals surface area (Å²) in [4.78, 5) is 5.37. The SMILES string of the molecule is CCc1cc(OCC=C(Cl)Cl)cc(C)c1OCCCCOCC(C)=NOC(C)(C)C. The van der Waals surface area contributed by atoms with E-state index in [1.807, 2.05) is 46.8 Å². The van der Waals surface area contributed by atoms with Gasteiger partial charge in [-0.05, 0) is 83.2 Å². The number of aryl methyl sites for hydroxylation is 2. The van der Waals surface area contributed by atoms with Crippen molar-refractivity contribution < 1.29 is 19.0 Å². The molecule has 0 N–H and O–H groups in total. The van der Waals surface area contributed by atoms with Crippen molar-refractivity contribution in [3.63, 3.8) is 0 Å². The molecule has 0 aromatic heterocycles. The van der Waals surface area contributed by atoms with Gasteiger partial charge in [0.1, 0.15) is 28.2 Å². The number of hydrogen-bond donors (Lipinski definition) is 0. The van der Waals surface area contributed by atoms with E-state index >= 15 is 0 Å². The third-order valence-corrected chi connectivity index (χ3v) is 4.22. The van der Waals surface area contributed by atoms with Crippen molar-refractivity contribution in [2.75, 3.05) is 26.4 Å². The van der Waals surface area contributed by atoms with Gasteiger partial charge in [-0.2, -0.15) is 0 Å². The van der Waals surface area contributed by atoms with Gasteiger partial charge in [0.25, 0.3) is 0 Å². The predicted molar refractivity (Wildman–Crippen MR) is 125 cm³/mol. The topological polar surface area (TPSA) is 49.3 Å². The van der Waals surface area contributed by atoms with Crippen LogP contribution in [0.4, 0.5) is 0 Å². The lowest BCUT2D eigenvalue weighted by molar-refractivity contribution is -0.000660. The lowest BCUT2D eigenvalue weighted by Gasteiger charge is -2.16. The quantitative estimate of drug-likeness (QED) is 0.189. The average Bonchev–Trinajstić information content (AvgIpc) is 2.65. The Morgan fingerprint density at radius 1 is 1.10 bits per heavy atom. The smallest absolute Gasteiger partial charge is 0.129 e. The van der Waals surface area contributed by atoms with Gasteiger partial charge in [-0.3, -0.25) is 0 Å². The van der Waals surface area contributed by atoms with Gasteiger partial charge >= 0.3 is 0 Å². The van der Waals surface area contributed by atoms with Crippen LogP contribution in [0.2, 0.25) is 0 Å². The van der Waals surface area contributed by atoms with E-state index in [4.69, 9.17) is 42.3 Å². The van der Waals surface area contributed by atoms with Gasteiger partial charge in [-0.15, -0.1) is 0 Å². The monoisotopic (exact) mass is 459 g/mol. The molecule has 30 heavy (non-hydrogen) atoms. The number of ether oxygens (including phenoxy) is 3. The van der Waals surface area contributed by atoms with Crippen molar-refractivity contribution in [2.24, 2.45) is 5.16 Å². The first-order valence-corrected chi connectivity index (χ1v) is 11.1. The summed E-state index contributed by atoms with van der Waals surface area (Å²) in [5, 5.41) is 4.07. The van der Waals surface area contributed by atoms with Crippen molar-refractivity contribution >= 4 is 28.9 Å². The van der Waals surface area contributed by atoms with Gasteiger partial charge in [-0.1, -0.05) is 35.3 Å². The van der Waals surface area contributed by atoms with Gasteiger partial charge in [0.05, 0.1) is 18.9 Å². The summed E-state index contributed by atoms with van der Waals surface area (Å²) in [5.41, 5.74) is 2.71. The fourth-order valence-corrected chi connectivity index (χ4v) is 2.63. The second-order valence-corrected chi connectivity index (χ2v) is 9.03. The lowest BCUT2D eigenvalue weighted by Crippen LogP contribution is -2.17. The molecule has 0 aliphatic rings. The van der Waals surface area contributed by atoms with E-state index in [1.54, 1.807) is 6.08 Å². The Kier molecular flexibility index (Phi) is 12.2. The fourth-order valence-electron chi connectivity index (χ4n) is 2.51. The third-order valence-electron chi connectivity index (χ3n) is 3.91. The number of rotatable bonds is 13. The summed E-state index contributed by atoms with van der Waals surface area (Å²) in [6, 6.07) is 3.97. The van der Waals surface area contributed by atoms with Gasteiger partial charge in [0, 0.05) is 6.61 Å². The first kappa shape index (κ1) is 26.6. The molecular weight excluding hydrogens is 425 g/mol. The van der Waals surface area contributed by atoms with E-state index in [2.05, 4.69) is 12.1 Å². The van der Waals surface area contributed by atoms with E-state index in [0.29, 0.717) is 26.4 Å². The maximum atomic E-state index is 6.05. The highest BCUT2D eigenvalue weighted by molar-refractivity contribution is 6.55. The van der Waals surface area contributed by atoms with Gasteiger partial charge in [0.15, 0.2) is 0 Å². The second-order valence-electron chi connectivity index (χ2n) is 8.03. The highest BCUT2D eigenvalue weighted by Gasteiger charge is 2.11. The molecule has 0 radical (unpaired) electrons. The van der Waals surface area contributed by atoms with E-state index < -0.39 is 0 Å². The summed E-state index contributed by atoms with van der Waals surface area (Å²) >= 11 is 11.2. The zero-order valence-electron chi connectivity index (χ0n) is 19.0. The first-order chi connectivity index (χ1) is 14.1. The molecule has 0 fully saturated rings. The number of unbranched alkanes of at least 4 members (excludes halogenated alkanes) is 1. The molecule has 0 spiro atoms. The maximum Gasteiger partial charge on any atom is 0.129 e. The number of nitrogens with zero attached hydrogens (tertiary/aromatic N) is 1. The Hall–Kier alpha value is -1.43. The maximum absolute atomic E-state index is 6.05.